The van der Waals surface area contributed by atoms with E-state index >= 15 is 0 Å². The van der Waals surface area contributed by atoms with Gasteiger partial charge < -0.3 is 18.9 Å². The quantitative estimate of drug-likeness (QED) is 0.371. The normalized spacial score (nSPS) is 14.9. The summed E-state index contributed by atoms with van der Waals surface area (Å²) in [6.45, 7) is 4.56. The number of fused-ring (bicyclic) bond motifs is 2. The maximum absolute atomic E-state index is 12.3. The van der Waals surface area contributed by atoms with Crippen LogP contribution >= 0.6 is 0 Å². The van der Waals surface area contributed by atoms with Gasteiger partial charge in [-0.25, -0.2) is 9.59 Å². The Hall–Kier alpha value is -3.78. The molecule has 0 bridgehead atoms. The average Bonchev–Trinajstić information content (AvgIpc) is 3.27. The van der Waals surface area contributed by atoms with E-state index in [1.807, 2.05) is 12.1 Å². The van der Waals surface area contributed by atoms with Crippen molar-refractivity contribution in [3.63, 3.8) is 0 Å². The molecular formula is C27H29N3O5. The van der Waals surface area contributed by atoms with Crippen LogP contribution in [0.3, 0.4) is 0 Å². The Labute approximate surface area is 202 Å². The molecule has 0 radical (unpaired) electrons. The van der Waals surface area contributed by atoms with Crippen LogP contribution in [0.2, 0.25) is 0 Å². The number of nitrogens with zero attached hydrogens (tertiary/aromatic N) is 1. The SMILES string of the molecule is CCOC(=O)Nc1ccc2c(CN3CCC(c4c[nH]c5ccc(OC)cc45)CC3)cc(=O)oc2c1. The molecular weight excluding hydrogens is 446 g/mol. The van der Waals surface area contributed by atoms with Gasteiger partial charge in [0.2, 0.25) is 0 Å². The summed E-state index contributed by atoms with van der Waals surface area (Å²) in [5, 5.41) is 4.74. The minimum atomic E-state index is -0.540. The maximum Gasteiger partial charge on any atom is 0.411 e. The number of ether oxygens (including phenoxy) is 2. The van der Waals surface area contributed by atoms with Crippen LogP contribution in [0, 0.1) is 0 Å². The zero-order valence-corrected chi connectivity index (χ0v) is 19.9. The van der Waals surface area contributed by atoms with Gasteiger partial charge >= 0.3 is 11.7 Å². The number of hydrogen-bond donors (Lipinski definition) is 2. The van der Waals surface area contributed by atoms with Crippen molar-refractivity contribution in [1.82, 2.24) is 9.88 Å². The molecule has 8 nitrogen and oxygen atoms in total. The molecule has 35 heavy (non-hydrogen) atoms. The fraction of sp³-hybridized carbons (Fsp3) is 0.333. The van der Waals surface area contributed by atoms with E-state index in [1.54, 1.807) is 32.2 Å². The monoisotopic (exact) mass is 475 g/mol. The van der Waals surface area contributed by atoms with Gasteiger partial charge in [0.15, 0.2) is 0 Å². The lowest BCUT2D eigenvalue weighted by molar-refractivity contribution is 0.168. The number of hydrogen-bond acceptors (Lipinski definition) is 6. The van der Waals surface area contributed by atoms with Crippen molar-refractivity contribution < 1.29 is 18.7 Å². The van der Waals surface area contributed by atoms with Crippen LogP contribution in [0.4, 0.5) is 10.5 Å². The number of piperidine rings is 1. The van der Waals surface area contributed by atoms with Gasteiger partial charge in [-0.1, -0.05) is 0 Å². The lowest BCUT2D eigenvalue weighted by atomic mass is 9.89. The van der Waals surface area contributed by atoms with Crippen molar-refractivity contribution in [2.24, 2.45) is 0 Å². The van der Waals surface area contributed by atoms with Crippen molar-refractivity contribution in [3.8, 4) is 5.75 Å². The molecule has 2 N–H and O–H groups in total. The molecule has 0 unspecified atom stereocenters. The van der Waals surface area contributed by atoms with Gasteiger partial charge in [0.25, 0.3) is 0 Å². The number of rotatable bonds is 6. The first kappa shape index (κ1) is 23.0. The number of carbonyl (C=O) groups excluding carboxylic acids is 1. The lowest BCUT2D eigenvalue weighted by Gasteiger charge is -2.32. The fourth-order valence-electron chi connectivity index (χ4n) is 4.95. The number of aromatic amines is 1. The summed E-state index contributed by atoms with van der Waals surface area (Å²) in [5.74, 6) is 1.34. The molecule has 5 rings (SSSR count). The molecule has 8 heteroatoms. The second-order valence-corrected chi connectivity index (χ2v) is 8.85. The van der Waals surface area contributed by atoms with E-state index < -0.39 is 11.7 Å². The van der Waals surface area contributed by atoms with E-state index in [9.17, 15) is 9.59 Å². The standard InChI is InChI=1S/C27H29N3O5/c1-3-34-27(32)29-19-4-6-21-18(12-26(31)35-25(21)13-19)16-30-10-8-17(9-11-30)23-15-28-24-7-5-20(33-2)14-22(23)24/h4-7,12-15,17,28H,3,8-11,16H2,1-2H3,(H,29,32). The molecule has 4 aromatic rings. The van der Waals surface area contributed by atoms with E-state index in [2.05, 4.69) is 33.5 Å². The number of likely N-dealkylation sites (tertiary alicyclic amines) is 1. The summed E-state index contributed by atoms with van der Waals surface area (Å²) >= 11 is 0. The number of anilines is 1. The number of benzene rings is 2. The zero-order chi connectivity index (χ0) is 24.4. The topological polar surface area (TPSA) is 96.8 Å². The van der Waals surface area contributed by atoms with Crippen molar-refractivity contribution in [2.45, 2.75) is 32.2 Å². The molecule has 182 valence electrons. The van der Waals surface area contributed by atoms with Gasteiger partial charge in [-0.3, -0.25) is 10.2 Å². The molecule has 0 atom stereocenters. The Balaban J connectivity index is 1.30. The highest BCUT2D eigenvalue weighted by Crippen LogP contribution is 2.35. The molecule has 1 saturated heterocycles. The summed E-state index contributed by atoms with van der Waals surface area (Å²) in [6, 6.07) is 13.0. The molecule has 0 aliphatic carbocycles. The molecule has 3 heterocycles. The molecule has 2 aromatic carbocycles. The van der Waals surface area contributed by atoms with Gasteiger partial charge in [-0.05, 0) is 80.2 Å². The summed E-state index contributed by atoms with van der Waals surface area (Å²) in [4.78, 5) is 29.7. The number of amides is 1. The van der Waals surface area contributed by atoms with Crippen LogP contribution in [0.15, 0.2) is 57.9 Å². The Kier molecular flexibility index (Phi) is 6.46. The Morgan fingerprint density at radius 1 is 1.14 bits per heavy atom. The molecule has 0 saturated carbocycles. The minimum Gasteiger partial charge on any atom is -0.497 e. The van der Waals surface area contributed by atoms with E-state index in [0.29, 0.717) is 23.7 Å². The fourth-order valence-corrected chi connectivity index (χ4v) is 4.95. The second kappa shape index (κ2) is 9.84. The number of aromatic nitrogens is 1. The predicted octanol–water partition coefficient (Wildman–Crippen LogP) is 5.23. The van der Waals surface area contributed by atoms with Crippen molar-refractivity contribution in [2.75, 3.05) is 32.1 Å². The smallest absolute Gasteiger partial charge is 0.411 e. The molecule has 1 fully saturated rings. The number of methoxy groups -OCH3 is 1. The van der Waals surface area contributed by atoms with Gasteiger partial charge in [0, 0.05) is 46.9 Å². The first-order chi connectivity index (χ1) is 17.0. The molecule has 0 spiro atoms. The number of nitrogens with one attached hydrogen (secondary N) is 2. The Bertz CT molecular complexity index is 1420. The largest absolute Gasteiger partial charge is 0.497 e. The summed E-state index contributed by atoms with van der Waals surface area (Å²) < 4.78 is 15.8. The summed E-state index contributed by atoms with van der Waals surface area (Å²) in [7, 11) is 1.69. The highest BCUT2D eigenvalue weighted by Gasteiger charge is 2.24. The third-order valence-electron chi connectivity index (χ3n) is 6.69. The first-order valence-electron chi connectivity index (χ1n) is 11.9. The van der Waals surface area contributed by atoms with Crippen LogP contribution in [0.5, 0.6) is 5.75 Å². The highest BCUT2D eigenvalue weighted by atomic mass is 16.5. The number of H-pyrrole nitrogens is 1. The zero-order valence-electron chi connectivity index (χ0n) is 19.9. The molecule has 2 aromatic heterocycles. The van der Waals surface area contributed by atoms with Gasteiger partial charge in [0.1, 0.15) is 11.3 Å². The van der Waals surface area contributed by atoms with Crippen molar-refractivity contribution in [3.05, 3.63) is 70.2 Å². The Morgan fingerprint density at radius 3 is 2.74 bits per heavy atom. The van der Waals surface area contributed by atoms with Crippen molar-refractivity contribution >= 4 is 33.7 Å². The van der Waals surface area contributed by atoms with E-state index in [0.717, 1.165) is 48.1 Å². The third kappa shape index (κ3) is 4.88. The number of carbonyl (C=O) groups is 1. The van der Waals surface area contributed by atoms with Crippen molar-refractivity contribution in [1.29, 1.82) is 0 Å². The summed E-state index contributed by atoms with van der Waals surface area (Å²) in [5.41, 5.74) is 3.96. The predicted molar refractivity (Wildman–Crippen MR) is 135 cm³/mol. The van der Waals surface area contributed by atoms with Gasteiger partial charge in [0.05, 0.1) is 13.7 Å². The third-order valence-corrected chi connectivity index (χ3v) is 6.69. The Morgan fingerprint density at radius 2 is 1.97 bits per heavy atom. The van der Waals surface area contributed by atoms with Crippen LogP contribution in [0.1, 0.15) is 36.8 Å². The van der Waals surface area contributed by atoms with Gasteiger partial charge in [-0.15, -0.1) is 0 Å². The first-order valence-corrected chi connectivity index (χ1v) is 11.9. The van der Waals surface area contributed by atoms with Crippen LogP contribution in [0.25, 0.3) is 21.9 Å². The molecule has 1 amide bonds. The van der Waals surface area contributed by atoms with E-state index in [-0.39, 0.29) is 6.61 Å². The van der Waals surface area contributed by atoms with E-state index in [4.69, 9.17) is 13.9 Å². The highest BCUT2D eigenvalue weighted by molar-refractivity contribution is 5.90. The molecule has 1 aliphatic heterocycles. The van der Waals surface area contributed by atoms with Gasteiger partial charge in [-0.2, -0.15) is 0 Å². The molecule has 1 aliphatic rings. The lowest BCUT2D eigenvalue weighted by Crippen LogP contribution is -2.32. The average molecular weight is 476 g/mol. The van der Waals surface area contributed by atoms with E-state index in [1.165, 1.54) is 10.9 Å². The van der Waals surface area contributed by atoms with Crippen LogP contribution in [-0.4, -0.2) is 42.8 Å². The minimum absolute atomic E-state index is 0.282. The second-order valence-electron chi connectivity index (χ2n) is 8.85. The summed E-state index contributed by atoms with van der Waals surface area (Å²) in [6.07, 6.45) is 3.66. The van der Waals surface area contributed by atoms with Crippen LogP contribution < -0.4 is 15.7 Å². The van der Waals surface area contributed by atoms with Crippen LogP contribution in [-0.2, 0) is 11.3 Å². The maximum atomic E-state index is 12.3.